The van der Waals surface area contributed by atoms with Gasteiger partial charge in [-0.2, -0.15) is 0 Å². The fraction of sp³-hybridized carbons (Fsp3) is 0.500. The lowest BCUT2D eigenvalue weighted by Gasteiger charge is -2.13. The molecule has 0 heterocycles. The summed E-state index contributed by atoms with van der Waals surface area (Å²) in [6.45, 7) is 12.4. The topological polar surface area (TPSA) is 40.5 Å². The van der Waals surface area contributed by atoms with Crippen molar-refractivity contribution < 1.29 is 9.90 Å². The highest BCUT2D eigenvalue weighted by Gasteiger charge is 2.02. The lowest BCUT2D eigenvalue weighted by atomic mass is 10.5. The van der Waals surface area contributed by atoms with Gasteiger partial charge in [0.05, 0.1) is 6.54 Å². The summed E-state index contributed by atoms with van der Waals surface area (Å²) in [4.78, 5) is 11.9. The van der Waals surface area contributed by atoms with Gasteiger partial charge in [-0.1, -0.05) is 39.2 Å². The van der Waals surface area contributed by atoms with Crippen molar-refractivity contribution in [2.45, 2.75) is 13.8 Å². The van der Waals surface area contributed by atoms with Gasteiger partial charge < -0.3 is 5.11 Å². The van der Waals surface area contributed by atoms with Gasteiger partial charge >= 0.3 is 5.97 Å². The van der Waals surface area contributed by atoms with E-state index in [0.717, 1.165) is 13.1 Å². The van der Waals surface area contributed by atoms with Crippen LogP contribution in [0.15, 0.2) is 25.3 Å². The van der Waals surface area contributed by atoms with Crippen molar-refractivity contribution in [1.82, 2.24) is 4.90 Å². The van der Waals surface area contributed by atoms with Gasteiger partial charge in [-0.25, -0.2) is 0 Å². The zero-order valence-electron chi connectivity index (χ0n) is 8.49. The molecule has 0 aliphatic rings. The number of rotatable bonds is 5. The van der Waals surface area contributed by atoms with Gasteiger partial charge in [-0.15, -0.1) is 0 Å². The maximum Gasteiger partial charge on any atom is 0.317 e. The quantitative estimate of drug-likeness (QED) is 0.664. The summed E-state index contributed by atoms with van der Waals surface area (Å²) in [5, 5.41) is 8.30. The molecule has 76 valence electrons. The standard InChI is InChI=1S/C6H13NO2.C4H6/c1-3-7(4-2)5-6(8)9;1-3-4-2/h3-5H2,1-2H3,(H,8,9);3-4H,1-2H2. The molecule has 0 aliphatic heterocycles. The summed E-state index contributed by atoms with van der Waals surface area (Å²) in [5.41, 5.74) is 0. The minimum Gasteiger partial charge on any atom is -0.480 e. The van der Waals surface area contributed by atoms with Crippen molar-refractivity contribution in [3.63, 3.8) is 0 Å². The Morgan fingerprint density at radius 3 is 1.77 bits per heavy atom. The van der Waals surface area contributed by atoms with Crippen LogP contribution in [0.2, 0.25) is 0 Å². The van der Waals surface area contributed by atoms with Crippen LogP contribution in [0.1, 0.15) is 13.8 Å². The maximum atomic E-state index is 10.1. The fourth-order valence-corrected chi connectivity index (χ4v) is 0.639. The molecule has 0 fully saturated rings. The molecule has 0 saturated carbocycles. The number of aliphatic carboxylic acids is 1. The van der Waals surface area contributed by atoms with Gasteiger partial charge in [0.15, 0.2) is 0 Å². The van der Waals surface area contributed by atoms with Crippen molar-refractivity contribution in [2.75, 3.05) is 19.6 Å². The number of likely N-dealkylation sites (N-methyl/N-ethyl adjacent to an activating group) is 1. The Morgan fingerprint density at radius 1 is 1.31 bits per heavy atom. The first-order valence-electron chi connectivity index (χ1n) is 4.29. The molecule has 0 spiro atoms. The van der Waals surface area contributed by atoms with E-state index in [-0.39, 0.29) is 6.54 Å². The van der Waals surface area contributed by atoms with Crippen molar-refractivity contribution in [3.05, 3.63) is 25.3 Å². The molecular formula is C10H19NO2. The van der Waals surface area contributed by atoms with E-state index in [0.29, 0.717) is 0 Å². The second-order valence-corrected chi connectivity index (χ2v) is 2.33. The Balaban J connectivity index is 0. The van der Waals surface area contributed by atoms with Gasteiger partial charge in [-0.05, 0) is 13.1 Å². The van der Waals surface area contributed by atoms with Crippen LogP contribution in [0.25, 0.3) is 0 Å². The summed E-state index contributed by atoms with van der Waals surface area (Å²) in [5.74, 6) is -0.751. The van der Waals surface area contributed by atoms with Gasteiger partial charge in [0.1, 0.15) is 0 Å². The molecule has 3 nitrogen and oxygen atoms in total. The van der Waals surface area contributed by atoms with Gasteiger partial charge in [0.2, 0.25) is 0 Å². The molecule has 1 N–H and O–H groups in total. The van der Waals surface area contributed by atoms with E-state index in [1.54, 1.807) is 12.2 Å². The molecule has 0 unspecified atom stereocenters. The predicted molar refractivity (Wildman–Crippen MR) is 55.8 cm³/mol. The molecule has 0 atom stereocenters. The highest BCUT2D eigenvalue weighted by atomic mass is 16.4. The molecule has 0 amide bonds. The molecule has 0 saturated heterocycles. The summed E-state index contributed by atoms with van der Waals surface area (Å²) in [6, 6.07) is 0. The van der Waals surface area contributed by atoms with Crippen molar-refractivity contribution >= 4 is 5.97 Å². The Bertz CT molecular complexity index is 145. The highest BCUT2D eigenvalue weighted by molar-refractivity contribution is 5.69. The zero-order chi connectivity index (χ0) is 10.7. The third-order valence-corrected chi connectivity index (χ3v) is 1.42. The number of hydrogen-bond donors (Lipinski definition) is 1. The van der Waals surface area contributed by atoms with E-state index in [1.165, 1.54) is 0 Å². The summed E-state index contributed by atoms with van der Waals surface area (Å²) in [6.07, 6.45) is 3.28. The van der Waals surface area contributed by atoms with E-state index in [1.807, 2.05) is 18.7 Å². The summed E-state index contributed by atoms with van der Waals surface area (Å²) < 4.78 is 0. The van der Waals surface area contributed by atoms with Gasteiger partial charge in [0, 0.05) is 0 Å². The summed E-state index contributed by atoms with van der Waals surface area (Å²) >= 11 is 0. The van der Waals surface area contributed by atoms with Crippen molar-refractivity contribution in [2.24, 2.45) is 0 Å². The number of hydrogen-bond acceptors (Lipinski definition) is 2. The van der Waals surface area contributed by atoms with E-state index >= 15 is 0 Å². The second-order valence-electron chi connectivity index (χ2n) is 2.33. The van der Waals surface area contributed by atoms with Crippen LogP contribution < -0.4 is 0 Å². The van der Waals surface area contributed by atoms with Crippen LogP contribution in [0, 0.1) is 0 Å². The van der Waals surface area contributed by atoms with Crippen molar-refractivity contribution in [1.29, 1.82) is 0 Å². The Hall–Kier alpha value is -1.09. The van der Waals surface area contributed by atoms with Crippen LogP contribution in [-0.4, -0.2) is 35.6 Å². The average Bonchev–Trinajstić information content (AvgIpc) is 2.14. The average molecular weight is 185 g/mol. The van der Waals surface area contributed by atoms with E-state index in [9.17, 15) is 4.79 Å². The first-order valence-corrected chi connectivity index (χ1v) is 4.29. The number of nitrogens with zero attached hydrogens (tertiary/aromatic N) is 1. The van der Waals surface area contributed by atoms with Crippen LogP contribution in [0.3, 0.4) is 0 Å². The van der Waals surface area contributed by atoms with E-state index in [2.05, 4.69) is 13.2 Å². The molecule has 0 radical (unpaired) electrons. The molecule has 0 aromatic heterocycles. The third-order valence-electron chi connectivity index (χ3n) is 1.42. The van der Waals surface area contributed by atoms with Crippen molar-refractivity contribution in [3.8, 4) is 0 Å². The van der Waals surface area contributed by atoms with Gasteiger partial charge in [0.25, 0.3) is 0 Å². The molecule has 0 aromatic rings. The number of carboxylic acid groups (broad SMARTS) is 1. The molecule has 13 heavy (non-hydrogen) atoms. The molecule has 0 rings (SSSR count). The van der Waals surface area contributed by atoms with Crippen LogP contribution in [0.5, 0.6) is 0 Å². The zero-order valence-corrected chi connectivity index (χ0v) is 8.49. The first kappa shape index (κ1) is 14.4. The minimum atomic E-state index is -0.751. The molecule has 3 heteroatoms. The summed E-state index contributed by atoms with van der Waals surface area (Å²) in [7, 11) is 0. The van der Waals surface area contributed by atoms with Gasteiger partial charge in [-0.3, -0.25) is 9.69 Å². The van der Waals surface area contributed by atoms with Crippen LogP contribution in [-0.2, 0) is 4.79 Å². The molecular weight excluding hydrogens is 166 g/mol. The fourth-order valence-electron chi connectivity index (χ4n) is 0.639. The lowest BCUT2D eigenvalue weighted by molar-refractivity contribution is -0.138. The number of carboxylic acids is 1. The highest BCUT2D eigenvalue weighted by Crippen LogP contribution is 1.84. The Morgan fingerprint density at radius 2 is 1.69 bits per heavy atom. The second kappa shape index (κ2) is 10.9. The smallest absolute Gasteiger partial charge is 0.317 e. The predicted octanol–water partition coefficient (Wildman–Crippen LogP) is 1.77. The monoisotopic (exact) mass is 185 g/mol. The lowest BCUT2D eigenvalue weighted by Crippen LogP contribution is -2.29. The number of allylic oxidation sites excluding steroid dienone is 2. The molecule has 0 aliphatic carbocycles. The molecule has 0 aromatic carbocycles. The molecule has 0 bridgehead atoms. The first-order chi connectivity index (χ1) is 6.12. The SMILES string of the molecule is C=CC=C.CCN(CC)CC(=O)O. The maximum absolute atomic E-state index is 10.1. The Labute approximate surface area is 80.4 Å². The number of carbonyl (C=O) groups is 1. The van der Waals surface area contributed by atoms with E-state index < -0.39 is 5.97 Å². The van der Waals surface area contributed by atoms with Crippen LogP contribution >= 0.6 is 0 Å². The largest absolute Gasteiger partial charge is 0.480 e. The minimum absolute atomic E-state index is 0.160. The van der Waals surface area contributed by atoms with E-state index in [4.69, 9.17) is 5.11 Å². The van der Waals surface area contributed by atoms with Crippen LogP contribution in [0.4, 0.5) is 0 Å². The normalized spacial score (nSPS) is 8.54. The third kappa shape index (κ3) is 13.8. The Kier molecular flexibility index (Phi) is 12.1.